The zero-order valence-electron chi connectivity index (χ0n) is 10.2. The Hall–Kier alpha value is -2.14. The van der Waals surface area contributed by atoms with E-state index in [0.717, 1.165) is 0 Å². The highest BCUT2D eigenvalue weighted by molar-refractivity contribution is 5.36. The van der Waals surface area contributed by atoms with E-state index in [1.54, 1.807) is 43.9 Å². The predicted octanol–water partition coefficient (Wildman–Crippen LogP) is 1.58. The van der Waals surface area contributed by atoms with E-state index in [1.165, 1.54) is 7.11 Å². The molecule has 0 aliphatic rings. The highest BCUT2D eigenvalue weighted by Crippen LogP contribution is 2.28. The van der Waals surface area contributed by atoms with Crippen LogP contribution in [0.1, 0.15) is 17.2 Å². The van der Waals surface area contributed by atoms with Gasteiger partial charge < -0.3 is 14.6 Å². The van der Waals surface area contributed by atoms with Crippen LogP contribution in [0.4, 0.5) is 0 Å². The van der Waals surface area contributed by atoms with Crippen molar-refractivity contribution in [1.29, 1.82) is 0 Å². The van der Waals surface area contributed by atoms with Crippen LogP contribution in [0.15, 0.2) is 36.8 Å². The summed E-state index contributed by atoms with van der Waals surface area (Å²) in [4.78, 5) is 8.06. The van der Waals surface area contributed by atoms with E-state index in [4.69, 9.17) is 9.47 Å². The van der Waals surface area contributed by atoms with Crippen molar-refractivity contribution >= 4 is 0 Å². The van der Waals surface area contributed by atoms with Crippen molar-refractivity contribution in [2.24, 2.45) is 0 Å². The molecule has 18 heavy (non-hydrogen) atoms. The van der Waals surface area contributed by atoms with Gasteiger partial charge in [-0.15, -0.1) is 0 Å². The summed E-state index contributed by atoms with van der Waals surface area (Å²) in [6.45, 7) is 0. The van der Waals surface area contributed by atoms with E-state index in [2.05, 4.69) is 9.97 Å². The molecule has 0 aromatic carbocycles. The largest absolute Gasteiger partial charge is 0.495 e. The van der Waals surface area contributed by atoms with Crippen LogP contribution >= 0.6 is 0 Å². The van der Waals surface area contributed by atoms with Gasteiger partial charge in [0.05, 0.1) is 20.4 Å². The van der Waals surface area contributed by atoms with Crippen molar-refractivity contribution in [1.82, 2.24) is 9.97 Å². The van der Waals surface area contributed by atoms with E-state index >= 15 is 0 Å². The van der Waals surface area contributed by atoms with Crippen LogP contribution in [0, 0.1) is 0 Å². The molecule has 2 rings (SSSR count). The third-order valence-electron chi connectivity index (χ3n) is 2.57. The van der Waals surface area contributed by atoms with Gasteiger partial charge in [-0.25, -0.2) is 4.98 Å². The van der Waals surface area contributed by atoms with Crippen LogP contribution in [-0.4, -0.2) is 29.3 Å². The second kappa shape index (κ2) is 5.46. The van der Waals surface area contributed by atoms with Crippen LogP contribution in [0.3, 0.4) is 0 Å². The Bertz CT molecular complexity index is 531. The minimum atomic E-state index is -0.851. The van der Waals surface area contributed by atoms with Crippen LogP contribution < -0.4 is 9.47 Å². The maximum absolute atomic E-state index is 10.3. The highest BCUT2D eigenvalue weighted by Gasteiger charge is 2.16. The second-order valence-corrected chi connectivity index (χ2v) is 3.66. The van der Waals surface area contributed by atoms with Gasteiger partial charge in [-0.1, -0.05) is 0 Å². The van der Waals surface area contributed by atoms with Crippen LogP contribution in [0.5, 0.6) is 11.6 Å². The first-order valence-electron chi connectivity index (χ1n) is 5.42. The molecule has 2 aromatic heterocycles. The van der Waals surface area contributed by atoms with Gasteiger partial charge in [-0.05, 0) is 18.2 Å². The zero-order valence-corrected chi connectivity index (χ0v) is 10.2. The van der Waals surface area contributed by atoms with Gasteiger partial charge in [-0.2, -0.15) is 0 Å². The molecular formula is C13H14N2O3. The summed E-state index contributed by atoms with van der Waals surface area (Å²) in [7, 11) is 3.07. The Kier molecular flexibility index (Phi) is 3.74. The SMILES string of the molecule is COc1cncc(C(O)c2cccnc2OC)c1. The third kappa shape index (κ3) is 2.41. The summed E-state index contributed by atoms with van der Waals surface area (Å²) >= 11 is 0. The Labute approximate surface area is 105 Å². The summed E-state index contributed by atoms with van der Waals surface area (Å²) < 4.78 is 10.2. The van der Waals surface area contributed by atoms with Crippen molar-refractivity contribution in [3.05, 3.63) is 47.9 Å². The van der Waals surface area contributed by atoms with E-state index in [1.807, 2.05) is 0 Å². The van der Waals surface area contributed by atoms with Crippen LogP contribution in [0.2, 0.25) is 0 Å². The Balaban J connectivity index is 2.37. The first kappa shape index (κ1) is 12.3. The van der Waals surface area contributed by atoms with Gasteiger partial charge in [0, 0.05) is 23.5 Å². The smallest absolute Gasteiger partial charge is 0.219 e. The van der Waals surface area contributed by atoms with Crippen molar-refractivity contribution in [2.45, 2.75) is 6.10 Å². The quantitative estimate of drug-likeness (QED) is 0.887. The number of aliphatic hydroxyl groups excluding tert-OH is 1. The van der Waals surface area contributed by atoms with Crippen molar-refractivity contribution < 1.29 is 14.6 Å². The predicted molar refractivity (Wildman–Crippen MR) is 65.6 cm³/mol. The van der Waals surface area contributed by atoms with Crippen molar-refractivity contribution in [3.63, 3.8) is 0 Å². The fraction of sp³-hybridized carbons (Fsp3) is 0.231. The Morgan fingerprint density at radius 1 is 1.22 bits per heavy atom. The van der Waals surface area contributed by atoms with Gasteiger partial charge in [0.1, 0.15) is 11.9 Å². The molecular weight excluding hydrogens is 232 g/mol. The fourth-order valence-corrected chi connectivity index (χ4v) is 1.66. The molecule has 0 aliphatic heterocycles. The lowest BCUT2D eigenvalue weighted by Gasteiger charge is -2.14. The number of methoxy groups -OCH3 is 2. The molecule has 0 amide bonds. The normalized spacial score (nSPS) is 11.9. The molecule has 0 saturated carbocycles. The van der Waals surface area contributed by atoms with Crippen molar-refractivity contribution in [3.8, 4) is 11.6 Å². The molecule has 1 atom stereocenters. The number of aromatic nitrogens is 2. The van der Waals surface area contributed by atoms with Gasteiger partial charge in [0.2, 0.25) is 5.88 Å². The molecule has 0 fully saturated rings. The van der Waals surface area contributed by atoms with Gasteiger partial charge in [0.15, 0.2) is 0 Å². The fourth-order valence-electron chi connectivity index (χ4n) is 1.66. The summed E-state index contributed by atoms with van der Waals surface area (Å²) in [6.07, 6.45) is 3.92. The van der Waals surface area contributed by atoms with Crippen LogP contribution in [0.25, 0.3) is 0 Å². The van der Waals surface area contributed by atoms with E-state index < -0.39 is 6.10 Å². The number of hydrogen-bond donors (Lipinski definition) is 1. The number of pyridine rings is 2. The van der Waals surface area contributed by atoms with E-state index in [9.17, 15) is 5.11 Å². The number of hydrogen-bond acceptors (Lipinski definition) is 5. The molecule has 0 aliphatic carbocycles. The number of ether oxygens (including phenoxy) is 2. The molecule has 94 valence electrons. The lowest BCUT2D eigenvalue weighted by molar-refractivity contribution is 0.212. The average Bonchev–Trinajstić information content (AvgIpc) is 2.46. The molecule has 2 aromatic rings. The second-order valence-electron chi connectivity index (χ2n) is 3.66. The molecule has 0 saturated heterocycles. The Morgan fingerprint density at radius 2 is 2.06 bits per heavy atom. The molecule has 1 N–H and O–H groups in total. The molecule has 0 spiro atoms. The highest BCUT2D eigenvalue weighted by atomic mass is 16.5. The third-order valence-corrected chi connectivity index (χ3v) is 2.57. The van der Waals surface area contributed by atoms with E-state index in [-0.39, 0.29) is 0 Å². The summed E-state index contributed by atoms with van der Waals surface area (Å²) in [5.41, 5.74) is 1.22. The molecule has 0 bridgehead atoms. The average molecular weight is 246 g/mol. The molecule has 1 unspecified atom stereocenters. The molecule has 5 nitrogen and oxygen atoms in total. The van der Waals surface area contributed by atoms with Gasteiger partial charge in [-0.3, -0.25) is 4.98 Å². The van der Waals surface area contributed by atoms with Crippen LogP contribution in [-0.2, 0) is 0 Å². The summed E-state index contributed by atoms with van der Waals surface area (Å²) in [5, 5.41) is 10.3. The first-order valence-corrected chi connectivity index (χ1v) is 5.42. The standard InChI is InChI=1S/C13H14N2O3/c1-17-10-6-9(7-14-8-10)12(16)11-4-3-5-15-13(11)18-2/h3-8,12,16H,1-2H3. The minimum absolute atomic E-state index is 0.396. The lowest BCUT2D eigenvalue weighted by atomic mass is 10.0. The number of aliphatic hydroxyl groups is 1. The maximum Gasteiger partial charge on any atom is 0.219 e. The molecule has 2 heterocycles. The summed E-state index contributed by atoms with van der Waals surface area (Å²) in [6, 6.07) is 5.23. The first-order chi connectivity index (χ1) is 8.76. The molecule has 0 radical (unpaired) electrons. The van der Waals surface area contributed by atoms with Gasteiger partial charge in [0.25, 0.3) is 0 Å². The topological polar surface area (TPSA) is 64.5 Å². The van der Waals surface area contributed by atoms with Crippen molar-refractivity contribution in [2.75, 3.05) is 14.2 Å². The van der Waals surface area contributed by atoms with Gasteiger partial charge >= 0.3 is 0 Å². The molecule has 5 heteroatoms. The number of nitrogens with zero attached hydrogens (tertiary/aromatic N) is 2. The zero-order chi connectivity index (χ0) is 13.0. The lowest BCUT2D eigenvalue weighted by Crippen LogP contribution is -2.04. The monoisotopic (exact) mass is 246 g/mol. The summed E-state index contributed by atoms with van der Waals surface area (Å²) in [5.74, 6) is 0.988. The maximum atomic E-state index is 10.3. The number of rotatable bonds is 4. The van der Waals surface area contributed by atoms with E-state index in [0.29, 0.717) is 22.8 Å². The Morgan fingerprint density at radius 3 is 2.78 bits per heavy atom. The minimum Gasteiger partial charge on any atom is -0.495 e.